The molecule has 1 aromatic heterocycles. The molecule has 24 heavy (non-hydrogen) atoms. The third kappa shape index (κ3) is 3.40. The monoisotopic (exact) mass is 324 g/mol. The predicted molar refractivity (Wildman–Crippen MR) is 90.5 cm³/mol. The van der Waals surface area contributed by atoms with E-state index in [2.05, 4.69) is 6.58 Å². The Labute approximate surface area is 141 Å². The minimum Gasteiger partial charge on any atom is -0.459 e. The van der Waals surface area contributed by atoms with Crippen molar-refractivity contribution in [2.24, 2.45) is 0 Å². The standard InChI is InChI=1S/C19H20N2O3/c1-2-18(22)21-11-10-20(19(23)17-9-6-12-24-17)14-16(21)13-15-7-4-3-5-8-15/h2-9,12,16H,1,10-11,13-14H2/t16-/m0/s1. The number of nitrogens with zero attached hydrogens (tertiary/aromatic N) is 2. The number of piperazine rings is 1. The van der Waals surface area contributed by atoms with Gasteiger partial charge in [-0.15, -0.1) is 0 Å². The summed E-state index contributed by atoms with van der Waals surface area (Å²) >= 11 is 0. The lowest BCUT2D eigenvalue weighted by Crippen LogP contribution is -2.57. The van der Waals surface area contributed by atoms with Crippen molar-refractivity contribution in [1.29, 1.82) is 0 Å². The van der Waals surface area contributed by atoms with E-state index in [1.807, 2.05) is 30.3 Å². The molecule has 1 aliphatic heterocycles. The number of furan rings is 1. The lowest BCUT2D eigenvalue weighted by molar-refractivity contribution is -0.130. The van der Waals surface area contributed by atoms with Crippen LogP contribution in [0.3, 0.4) is 0 Å². The number of carbonyl (C=O) groups is 2. The molecule has 124 valence electrons. The first-order chi connectivity index (χ1) is 11.7. The third-order valence-electron chi connectivity index (χ3n) is 4.27. The third-order valence-corrected chi connectivity index (χ3v) is 4.27. The van der Waals surface area contributed by atoms with Gasteiger partial charge in [-0.1, -0.05) is 36.9 Å². The number of rotatable bonds is 4. The molecule has 0 saturated carbocycles. The average Bonchev–Trinajstić information content (AvgIpc) is 3.16. The Morgan fingerprint density at radius 3 is 2.62 bits per heavy atom. The van der Waals surface area contributed by atoms with Gasteiger partial charge in [-0.2, -0.15) is 0 Å². The molecule has 1 aliphatic rings. The van der Waals surface area contributed by atoms with Gasteiger partial charge in [0.15, 0.2) is 5.76 Å². The Morgan fingerprint density at radius 1 is 1.17 bits per heavy atom. The molecule has 1 fully saturated rings. The summed E-state index contributed by atoms with van der Waals surface area (Å²) in [5, 5.41) is 0. The Hall–Kier alpha value is -2.82. The second-order valence-electron chi connectivity index (χ2n) is 5.81. The summed E-state index contributed by atoms with van der Waals surface area (Å²) in [4.78, 5) is 28.2. The van der Waals surface area contributed by atoms with E-state index in [4.69, 9.17) is 4.42 Å². The highest BCUT2D eigenvalue weighted by Crippen LogP contribution is 2.18. The van der Waals surface area contributed by atoms with Crippen molar-refractivity contribution >= 4 is 11.8 Å². The molecule has 0 aliphatic carbocycles. The fourth-order valence-corrected chi connectivity index (χ4v) is 3.06. The number of benzene rings is 1. The molecule has 2 aromatic rings. The van der Waals surface area contributed by atoms with Crippen LogP contribution in [0.25, 0.3) is 0 Å². The highest BCUT2D eigenvalue weighted by atomic mass is 16.3. The van der Waals surface area contributed by atoms with Crippen LogP contribution in [0.5, 0.6) is 0 Å². The topological polar surface area (TPSA) is 53.8 Å². The van der Waals surface area contributed by atoms with E-state index in [-0.39, 0.29) is 17.9 Å². The first-order valence-corrected chi connectivity index (χ1v) is 7.99. The minimum absolute atomic E-state index is 0.0782. The average molecular weight is 324 g/mol. The molecule has 3 rings (SSSR count). The first kappa shape index (κ1) is 16.1. The van der Waals surface area contributed by atoms with E-state index in [0.29, 0.717) is 31.8 Å². The van der Waals surface area contributed by atoms with Gasteiger partial charge in [0.2, 0.25) is 5.91 Å². The normalized spacial score (nSPS) is 17.6. The largest absolute Gasteiger partial charge is 0.459 e. The number of hydrogen-bond acceptors (Lipinski definition) is 3. The molecule has 5 heteroatoms. The molecule has 0 spiro atoms. The second-order valence-corrected chi connectivity index (χ2v) is 5.81. The SMILES string of the molecule is C=CC(=O)N1CCN(C(=O)c2ccco2)C[C@@H]1Cc1ccccc1. The summed E-state index contributed by atoms with van der Waals surface area (Å²) in [6, 6.07) is 13.3. The van der Waals surface area contributed by atoms with E-state index in [9.17, 15) is 9.59 Å². The smallest absolute Gasteiger partial charge is 0.289 e. The van der Waals surface area contributed by atoms with Crippen LogP contribution < -0.4 is 0 Å². The molecular weight excluding hydrogens is 304 g/mol. The summed E-state index contributed by atoms with van der Waals surface area (Å²) < 4.78 is 5.21. The van der Waals surface area contributed by atoms with Gasteiger partial charge in [-0.05, 0) is 30.2 Å². The second kappa shape index (κ2) is 7.17. The lowest BCUT2D eigenvalue weighted by Gasteiger charge is -2.41. The first-order valence-electron chi connectivity index (χ1n) is 7.99. The highest BCUT2D eigenvalue weighted by molar-refractivity contribution is 5.92. The lowest BCUT2D eigenvalue weighted by atomic mass is 10.0. The van der Waals surface area contributed by atoms with Crippen molar-refractivity contribution in [1.82, 2.24) is 9.80 Å². The van der Waals surface area contributed by atoms with Crippen molar-refractivity contribution in [3.8, 4) is 0 Å². The van der Waals surface area contributed by atoms with Crippen LogP contribution in [0.15, 0.2) is 65.8 Å². The van der Waals surface area contributed by atoms with E-state index in [0.717, 1.165) is 5.56 Å². The Balaban J connectivity index is 1.78. The van der Waals surface area contributed by atoms with Gasteiger partial charge in [0.1, 0.15) is 0 Å². The Morgan fingerprint density at radius 2 is 1.96 bits per heavy atom. The molecule has 1 saturated heterocycles. The van der Waals surface area contributed by atoms with Crippen LogP contribution in [0, 0.1) is 0 Å². The maximum absolute atomic E-state index is 12.5. The summed E-state index contributed by atoms with van der Waals surface area (Å²) in [5.41, 5.74) is 1.14. The van der Waals surface area contributed by atoms with Crippen LogP contribution in [0.2, 0.25) is 0 Å². The van der Waals surface area contributed by atoms with Crippen molar-refractivity contribution < 1.29 is 14.0 Å². The summed E-state index contributed by atoms with van der Waals surface area (Å²) in [6.45, 7) is 5.05. The maximum Gasteiger partial charge on any atom is 0.289 e. The van der Waals surface area contributed by atoms with E-state index < -0.39 is 0 Å². The van der Waals surface area contributed by atoms with Crippen molar-refractivity contribution in [2.75, 3.05) is 19.6 Å². The molecule has 0 radical (unpaired) electrons. The zero-order valence-corrected chi connectivity index (χ0v) is 13.4. The van der Waals surface area contributed by atoms with Gasteiger partial charge in [0.05, 0.1) is 12.3 Å². The van der Waals surface area contributed by atoms with Crippen molar-refractivity contribution in [3.63, 3.8) is 0 Å². The van der Waals surface area contributed by atoms with Gasteiger partial charge >= 0.3 is 0 Å². The van der Waals surface area contributed by atoms with Gasteiger partial charge in [0.25, 0.3) is 5.91 Å². The summed E-state index contributed by atoms with van der Waals surface area (Å²) in [7, 11) is 0. The molecule has 0 bridgehead atoms. The van der Waals surface area contributed by atoms with Crippen molar-refractivity contribution in [2.45, 2.75) is 12.5 Å². The minimum atomic E-state index is -0.135. The summed E-state index contributed by atoms with van der Waals surface area (Å²) in [6.07, 6.45) is 3.52. The summed E-state index contributed by atoms with van der Waals surface area (Å²) in [5.74, 6) is 0.0988. The molecule has 1 atom stereocenters. The van der Waals surface area contributed by atoms with Gasteiger partial charge in [-0.25, -0.2) is 0 Å². The fraction of sp³-hybridized carbons (Fsp3) is 0.263. The van der Waals surface area contributed by atoms with Crippen LogP contribution in [-0.4, -0.2) is 47.3 Å². The molecule has 0 N–H and O–H groups in total. The number of hydrogen-bond donors (Lipinski definition) is 0. The predicted octanol–water partition coefficient (Wildman–Crippen LogP) is 2.36. The zero-order chi connectivity index (χ0) is 16.9. The maximum atomic E-state index is 12.5. The van der Waals surface area contributed by atoms with E-state index in [1.165, 1.54) is 12.3 Å². The van der Waals surface area contributed by atoms with Gasteiger partial charge in [-0.3, -0.25) is 9.59 Å². The van der Waals surface area contributed by atoms with Crippen molar-refractivity contribution in [3.05, 3.63) is 72.7 Å². The van der Waals surface area contributed by atoms with E-state index in [1.54, 1.807) is 21.9 Å². The van der Waals surface area contributed by atoms with E-state index >= 15 is 0 Å². The van der Waals surface area contributed by atoms with Gasteiger partial charge < -0.3 is 14.2 Å². The zero-order valence-electron chi connectivity index (χ0n) is 13.4. The van der Waals surface area contributed by atoms with Crippen LogP contribution in [-0.2, 0) is 11.2 Å². The highest BCUT2D eigenvalue weighted by Gasteiger charge is 2.32. The quantitative estimate of drug-likeness (QED) is 0.811. The molecule has 0 unspecified atom stereocenters. The molecule has 5 nitrogen and oxygen atoms in total. The Kier molecular flexibility index (Phi) is 4.79. The van der Waals surface area contributed by atoms with Crippen LogP contribution in [0.1, 0.15) is 16.1 Å². The van der Waals surface area contributed by atoms with Crippen LogP contribution >= 0.6 is 0 Å². The molecular formula is C19H20N2O3. The molecule has 2 amide bonds. The van der Waals surface area contributed by atoms with Gasteiger partial charge in [0, 0.05) is 19.6 Å². The van der Waals surface area contributed by atoms with Crippen LogP contribution in [0.4, 0.5) is 0 Å². The fourth-order valence-electron chi connectivity index (χ4n) is 3.06. The molecule has 2 heterocycles. The number of amides is 2. The number of carbonyl (C=O) groups excluding carboxylic acids is 2. The molecule has 1 aromatic carbocycles. The Bertz CT molecular complexity index is 709.